The van der Waals surface area contributed by atoms with Gasteiger partial charge < -0.3 is 4.57 Å². The van der Waals surface area contributed by atoms with Gasteiger partial charge in [-0.1, -0.05) is 24.3 Å². The lowest BCUT2D eigenvalue weighted by atomic mass is 9.94. The van der Waals surface area contributed by atoms with Gasteiger partial charge in [-0.3, -0.25) is 4.98 Å². The monoisotopic (exact) mass is 349 g/mol. The Balaban J connectivity index is 1.72. The largest absolute Gasteiger partial charge is 0.310 e. The molecule has 0 atom stereocenters. The van der Waals surface area contributed by atoms with E-state index in [1.54, 1.807) is 12.4 Å². The number of nitrogens with zero attached hydrogens (tertiary/aromatic N) is 3. The summed E-state index contributed by atoms with van der Waals surface area (Å²) >= 11 is 0. The summed E-state index contributed by atoms with van der Waals surface area (Å²) in [5.74, 6) is 0. The van der Waals surface area contributed by atoms with E-state index in [0.29, 0.717) is 5.56 Å². The Morgan fingerprint density at radius 3 is 2.41 bits per heavy atom. The lowest BCUT2D eigenvalue weighted by Gasteiger charge is -2.15. The van der Waals surface area contributed by atoms with E-state index in [2.05, 4.69) is 64.2 Å². The summed E-state index contributed by atoms with van der Waals surface area (Å²) in [4.78, 5) is 4.08. The Hall–Kier alpha value is -3.38. The second-order valence-corrected chi connectivity index (χ2v) is 7.03. The number of hydrogen-bond acceptors (Lipinski definition) is 2. The van der Waals surface area contributed by atoms with Crippen LogP contribution in [-0.2, 0) is 12.8 Å². The second kappa shape index (κ2) is 6.41. The SMILES string of the molecule is N#Cc1cnccc1-c1cccc(-n2c3c(c4c2C=CCC4)CCC=C3)c1. The van der Waals surface area contributed by atoms with Gasteiger partial charge in [0.2, 0.25) is 0 Å². The molecule has 0 fully saturated rings. The topological polar surface area (TPSA) is 41.6 Å². The zero-order valence-corrected chi connectivity index (χ0v) is 15.0. The molecular weight excluding hydrogens is 330 g/mol. The molecule has 0 saturated carbocycles. The highest BCUT2D eigenvalue weighted by atomic mass is 15.0. The third-order valence-electron chi connectivity index (χ3n) is 5.49. The van der Waals surface area contributed by atoms with Crippen molar-refractivity contribution < 1.29 is 0 Å². The van der Waals surface area contributed by atoms with E-state index in [0.717, 1.165) is 42.5 Å². The third kappa shape index (κ3) is 2.53. The van der Waals surface area contributed by atoms with Crippen LogP contribution in [-0.4, -0.2) is 9.55 Å². The summed E-state index contributed by atoms with van der Waals surface area (Å²) in [5, 5.41) is 9.44. The van der Waals surface area contributed by atoms with E-state index >= 15 is 0 Å². The van der Waals surface area contributed by atoms with Crippen LogP contribution in [0.3, 0.4) is 0 Å². The molecule has 3 nitrogen and oxygen atoms in total. The molecule has 130 valence electrons. The Morgan fingerprint density at radius 2 is 1.70 bits per heavy atom. The Labute approximate surface area is 158 Å². The van der Waals surface area contributed by atoms with E-state index in [-0.39, 0.29) is 0 Å². The molecule has 0 amide bonds. The summed E-state index contributed by atoms with van der Waals surface area (Å²) < 4.78 is 2.38. The van der Waals surface area contributed by atoms with Gasteiger partial charge in [0.05, 0.1) is 5.56 Å². The van der Waals surface area contributed by atoms with Gasteiger partial charge >= 0.3 is 0 Å². The van der Waals surface area contributed by atoms with Crippen molar-refractivity contribution in [2.45, 2.75) is 25.7 Å². The molecule has 0 spiro atoms. The fourth-order valence-corrected chi connectivity index (χ4v) is 4.29. The van der Waals surface area contributed by atoms with Crippen LogP contribution in [0.5, 0.6) is 0 Å². The highest BCUT2D eigenvalue weighted by Gasteiger charge is 2.23. The van der Waals surface area contributed by atoms with Crippen molar-refractivity contribution in [3.05, 3.63) is 83.0 Å². The molecule has 0 bridgehead atoms. The molecule has 3 heteroatoms. The van der Waals surface area contributed by atoms with Gasteiger partial charge in [0.1, 0.15) is 6.07 Å². The standard InChI is InChI=1S/C24H19N3/c25-15-18-16-26-13-12-20(18)17-6-5-7-19(14-17)27-23-10-3-1-8-21(23)22-9-2-4-11-24(22)27/h3-7,10-14,16H,1-2,8-9H2. The third-order valence-corrected chi connectivity index (χ3v) is 5.49. The lowest BCUT2D eigenvalue weighted by Crippen LogP contribution is -2.02. The average Bonchev–Trinajstić information content (AvgIpc) is 3.08. The van der Waals surface area contributed by atoms with Crippen molar-refractivity contribution in [2.75, 3.05) is 0 Å². The normalized spacial score (nSPS) is 14.5. The maximum absolute atomic E-state index is 9.44. The molecule has 0 saturated heterocycles. The molecule has 5 rings (SSSR count). The van der Waals surface area contributed by atoms with Crippen LogP contribution in [0.4, 0.5) is 0 Å². The summed E-state index contributed by atoms with van der Waals surface area (Å²) in [7, 11) is 0. The highest BCUT2D eigenvalue weighted by molar-refractivity contribution is 5.74. The minimum atomic E-state index is 0.603. The number of hydrogen-bond donors (Lipinski definition) is 0. The first-order chi connectivity index (χ1) is 13.4. The fourth-order valence-electron chi connectivity index (χ4n) is 4.29. The van der Waals surface area contributed by atoms with Crippen molar-refractivity contribution in [2.24, 2.45) is 0 Å². The predicted molar refractivity (Wildman–Crippen MR) is 108 cm³/mol. The van der Waals surface area contributed by atoms with Crippen molar-refractivity contribution in [1.29, 1.82) is 5.26 Å². The molecule has 1 aromatic carbocycles. The van der Waals surface area contributed by atoms with Crippen molar-refractivity contribution in [1.82, 2.24) is 9.55 Å². The number of nitriles is 1. The van der Waals surface area contributed by atoms with Gasteiger partial charge in [-0.05, 0) is 72.7 Å². The minimum absolute atomic E-state index is 0.603. The molecule has 0 radical (unpaired) electrons. The fraction of sp³-hybridized carbons (Fsp3) is 0.167. The minimum Gasteiger partial charge on any atom is -0.310 e. The van der Waals surface area contributed by atoms with Crippen LogP contribution < -0.4 is 0 Å². The number of fused-ring (bicyclic) bond motifs is 3. The van der Waals surface area contributed by atoms with E-state index < -0.39 is 0 Å². The number of aromatic nitrogens is 2. The van der Waals surface area contributed by atoms with Gasteiger partial charge in [0.15, 0.2) is 0 Å². The maximum atomic E-state index is 9.44. The summed E-state index contributed by atoms with van der Waals surface area (Å²) in [6, 6.07) is 12.6. The van der Waals surface area contributed by atoms with Crippen LogP contribution in [0.1, 0.15) is 40.9 Å². The van der Waals surface area contributed by atoms with Gasteiger partial charge in [-0.25, -0.2) is 0 Å². The zero-order valence-electron chi connectivity index (χ0n) is 15.0. The van der Waals surface area contributed by atoms with Crippen LogP contribution in [0.25, 0.3) is 29.0 Å². The van der Waals surface area contributed by atoms with Crippen molar-refractivity contribution >= 4 is 12.2 Å². The highest BCUT2D eigenvalue weighted by Crippen LogP contribution is 2.36. The molecule has 2 aliphatic carbocycles. The van der Waals surface area contributed by atoms with E-state index in [9.17, 15) is 5.26 Å². The Kier molecular flexibility index (Phi) is 3.76. The first-order valence-corrected chi connectivity index (χ1v) is 9.41. The molecule has 0 aliphatic heterocycles. The molecule has 2 aromatic heterocycles. The zero-order chi connectivity index (χ0) is 18.2. The van der Waals surface area contributed by atoms with E-state index in [4.69, 9.17) is 0 Å². The summed E-state index contributed by atoms with van der Waals surface area (Å²) in [6.45, 7) is 0. The number of pyridine rings is 1. The van der Waals surface area contributed by atoms with Crippen molar-refractivity contribution in [3.8, 4) is 22.9 Å². The predicted octanol–water partition coefficient (Wildman–Crippen LogP) is 5.33. The molecule has 0 N–H and O–H groups in total. The first kappa shape index (κ1) is 15.8. The first-order valence-electron chi connectivity index (χ1n) is 9.41. The lowest BCUT2D eigenvalue weighted by molar-refractivity contribution is 0.922. The molecular formula is C24H19N3. The number of benzene rings is 1. The average molecular weight is 349 g/mol. The van der Waals surface area contributed by atoms with Gasteiger partial charge in [0, 0.05) is 35.0 Å². The summed E-state index contributed by atoms with van der Waals surface area (Å²) in [5.41, 5.74) is 9.34. The van der Waals surface area contributed by atoms with Gasteiger partial charge in [-0.15, -0.1) is 0 Å². The molecule has 0 unspecified atom stereocenters. The van der Waals surface area contributed by atoms with Gasteiger partial charge in [-0.2, -0.15) is 5.26 Å². The Morgan fingerprint density at radius 1 is 0.963 bits per heavy atom. The van der Waals surface area contributed by atoms with E-state index in [1.165, 1.54) is 22.5 Å². The Bertz CT molecular complexity index is 1100. The van der Waals surface area contributed by atoms with Crippen LogP contribution >= 0.6 is 0 Å². The molecule has 2 heterocycles. The van der Waals surface area contributed by atoms with Gasteiger partial charge in [0.25, 0.3) is 0 Å². The van der Waals surface area contributed by atoms with Crippen LogP contribution in [0.2, 0.25) is 0 Å². The molecule has 3 aromatic rings. The molecule has 2 aliphatic rings. The van der Waals surface area contributed by atoms with E-state index in [1.807, 2.05) is 6.07 Å². The van der Waals surface area contributed by atoms with Crippen LogP contribution in [0.15, 0.2) is 54.9 Å². The second-order valence-electron chi connectivity index (χ2n) is 7.03. The quantitative estimate of drug-likeness (QED) is 0.627. The molecule has 27 heavy (non-hydrogen) atoms. The number of rotatable bonds is 2. The maximum Gasteiger partial charge on any atom is 0.101 e. The summed E-state index contributed by atoms with van der Waals surface area (Å²) in [6.07, 6.45) is 16.9. The van der Waals surface area contributed by atoms with Crippen LogP contribution in [0, 0.1) is 11.3 Å². The van der Waals surface area contributed by atoms with Crippen molar-refractivity contribution in [3.63, 3.8) is 0 Å². The smallest absolute Gasteiger partial charge is 0.101 e. The number of allylic oxidation sites excluding steroid dienone is 2.